The highest BCUT2D eigenvalue weighted by atomic mass is 16.1. The lowest BCUT2D eigenvalue weighted by Crippen LogP contribution is -2.14. The molecular weight excluding hydrogens is 286 g/mol. The molecule has 116 valence electrons. The van der Waals surface area contributed by atoms with Gasteiger partial charge in [-0.05, 0) is 44.0 Å². The van der Waals surface area contributed by atoms with Gasteiger partial charge in [0.15, 0.2) is 0 Å². The van der Waals surface area contributed by atoms with Crippen LogP contribution in [0.5, 0.6) is 0 Å². The Labute approximate surface area is 136 Å². The first-order valence-electron chi connectivity index (χ1n) is 7.32. The van der Waals surface area contributed by atoms with Crippen molar-refractivity contribution in [3.05, 3.63) is 70.9 Å². The van der Waals surface area contributed by atoms with Crippen molar-refractivity contribution in [2.45, 2.75) is 20.8 Å². The van der Waals surface area contributed by atoms with Gasteiger partial charge in [0.1, 0.15) is 11.6 Å². The van der Waals surface area contributed by atoms with Crippen molar-refractivity contribution in [3.8, 4) is 6.07 Å². The number of nitriles is 1. The molecule has 0 spiro atoms. The van der Waals surface area contributed by atoms with E-state index < -0.39 is 5.91 Å². The highest BCUT2D eigenvalue weighted by Gasteiger charge is 2.10. The summed E-state index contributed by atoms with van der Waals surface area (Å²) < 4.78 is 0. The summed E-state index contributed by atoms with van der Waals surface area (Å²) in [6.07, 6.45) is 1.45. The van der Waals surface area contributed by atoms with Gasteiger partial charge in [-0.15, -0.1) is 0 Å². The Hall–Kier alpha value is -3.06. The van der Waals surface area contributed by atoms with Crippen molar-refractivity contribution in [1.82, 2.24) is 0 Å². The first-order chi connectivity index (χ1) is 11.0. The van der Waals surface area contributed by atoms with Crippen molar-refractivity contribution in [2.24, 2.45) is 0 Å². The third-order valence-corrected chi connectivity index (χ3v) is 3.43. The summed E-state index contributed by atoms with van der Waals surface area (Å²) in [6, 6.07) is 15.1. The second-order valence-corrected chi connectivity index (χ2v) is 5.41. The van der Waals surface area contributed by atoms with Crippen molar-refractivity contribution in [2.75, 3.05) is 10.6 Å². The van der Waals surface area contributed by atoms with Gasteiger partial charge in [0.05, 0.1) is 0 Å². The monoisotopic (exact) mass is 305 g/mol. The largest absolute Gasteiger partial charge is 0.360 e. The highest BCUT2D eigenvalue weighted by molar-refractivity contribution is 6.06. The lowest BCUT2D eigenvalue weighted by Gasteiger charge is -2.11. The minimum atomic E-state index is -0.436. The molecule has 23 heavy (non-hydrogen) atoms. The van der Waals surface area contributed by atoms with Crippen LogP contribution >= 0.6 is 0 Å². The molecule has 0 unspecified atom stereocenters. The standard InChI is InChI=1S/C19H19N3O/c1-13-9-14(2)18(15(3)10-13)21-12-16(11-20)19(23)22-17-7-5-4-6-8-17/h4-10,12,21H,1-3H3,(H,22,23). The molecule has 0 radical (unpaired) electrons. The van der Waals surface area contributed by atoms with Crippen LogP contribution in [-0.2, 0) is 4.79 Å². The first-order valence-corrected chi connectivity index (χ1v) is 7.32. The maximum absolute atomic E-state index is 12.1. The third kappa shape index (κ3) is 4.21. The lowest BCUT2D eigenvalue weighted by molar-refractivity contribution is -0.112. The molecule has 4 nitrogen and oxygen atoms in total. The van der Waals surface area contributed by atoms with Gasteiger partial charge in [-0.1, -0.05) is 35.9 Å². The molecule has 0 saturated heterocycles. The summed E-state index contributed by atoms with van der Waals surface area (Å²) in [6.45, 7) is 6.02. The summed E-state index contributed by atoms with van der Waals surface area (Å²) in [4.78, 5) is 12.1. The van der Waals surface area contributed by atoms with E-state index in [9.17, 15) is 10.1 Å². The SMILES string of the molecule is Cc1cc(C)c(NC=C(C#N)C(=O)Nc2ccccc2)c(C)c1. The summed E-state index contributed by atoms with van der Waals surface area (Å²) in [5.41, 5.74) is 4.90. The van der Waals surface area contributed by atoms with E-state index in [1.807, 2.05) is 45.0 Å². The zero-order chi connectivity index (χ0) is 16.8. The number of nitrogens with one attached hydrogen (secondary N) is 2. The second-order valence-electron chi connectivity index (χ2n) is 5.41. The van der Waals surface area contributed by atoms with Gasteiger partial charge in [0.25, 0.3) is 5.91 Å². The molecule has 0 fully saturated rings. The number of anilines is 2. The normalized spacial score (nSPS) is 10.8. The fraction of sp³-hybridized carbons (Fsp3) is 0.158. The molecule has 1 amide bonds. The number of nitrogens with zero attached hydrogens (tertiary/aromatic N) is 1. The topological polar surface area (TPSA) is 64.9 Å². The third-order valence-electron chi connectivity index (χ3n) is 3.43. The van der Waals surface area contributed by atoms with Gasteiger partial charge in [-0.2, -0.15) is 5.26 Å². The smallest absolute Gasteiger partial charge is 0.267 e. The molecule has 0 aliphatic rings. The average Bonchev–Trinajstić information content (AvgIpc) is 2.50. The number of para-hydroxylation sites is 1. The molecule has 0 heterocycles. The van der Waals surface area contributed by atoms with Crippen LogP contribution in [0.15, 0.2) is 54.2 Å². The molecule has 0 atom stereocenters. The molecule has 4 heteroatoms. The van der Waals surface area contributed by atoms with E-state index in [1.165, 1.54) is 11.8 Å². The van der Waals surface area contributed by atoms with Crippen molar-refractivity contribution in [3.63, 3.8) is 0 Å². The Morgan fingerprint density at radius 2 is 1.70 bits per heavy atom. The summed E-state index contributed by atoms with van der Waals surface area (Å²) in [5.74, 6) is -0.436. The van der Waals surface area contributed by atoms with Crippen LogP contribution in [0.2, 0.25) is 0 Å². The van der Waals surface area contributed by atoms with E-state index in [0.29, 0.717) is 5.69 Å². The number of rotatable bonds is 4. The van der Waals surface area contributed by atoms with E-state index in [1.54, 1.807) is 12.1 Å². The Kier molecular flexibility index (Phi) is 5.16. The van der Waals surface area contributed by atoms with Crippen LogP contribution in [0, 0.1) is 32.1 Å². The number of aryl methyl sites for hydroxylation is 3. The Morgan fingerprint density at radius 3 is 2.26 bits per heavy atom. The molecule has 0 bridgehead atoms. The maximum Gasteiger partial charge on any atom is 0.267 e. The molecule has 2 aromatic carbocycles. The van der Waals surface area contributed by atoms with Crippen LogP contribution in [0.4, 0.5) is 11.4 Å². The van der Waals surface area contributed by atoms with Crippen LogP contribution in [-0.4, -0.2) is 5.91 Å². The number of hydrogen-bond acceptors (Lipinski definition) is 3. The van der Waals surface area contributed by atoms with Gasteiger partial charge in [0.2, 0.25) is 0 Å². The quantitative estimate of drug-likeness (QED) is 0.661. The minimum Gasteiger partial charge on any atom is -0.360 e. The fourth-order valence-electron chi connectivity index (χ4n) is 2.42. The van der Waals surface area contributed by atoms with E-state index in [2.05, 4.69) is 22.8 Å². The summed E-state index contributed by atoms with van der Waals surface area (Å²) in [5, 5.41) is 15.0. The summed E-state index contributed by atoms with van der Waals surface area (Å²) in [7, 11) is 0. The van der Waals surface area contributed by atoms with Crippen LogP contribution < -0.4 is 10.6 Å². The van der Waals surface area contributed by atoms with E-state index >= 15 is 0 Å². The zero-order valence-electron chi connectivity index (χ0n) is 13.5. The van der Waals surface area contributed by atoms with Gasteiger partial charge >= 0.3 is 0 Å². The number of hydrogen-bond donors (Lipinski definition) is 2. The van der Waals surface area contributed by atoms with Gasteiger partial charge in [-0.3, -0.25) is 4.79 Å². The summed E-state index contributed by atoms with van der Waals surface area (Å²) >= 11 is 0. The molecule has 2 aromatic rings. The fourth-order valence-corrected chi connectivity index (χ4v) is 2.42. The Bertz CT molecular complexity index is 763. The van der Waals surface area contributed by atoms with E-state index in [4.69, 9.17) is 0 Å². The number of benzene rings is 2. The van der Waals surface area contributed by atoms with Crippen molar-refractivity contribution in [1.29, 1.82) is 5.26 Å². The average molecular weight is 305 g/mol. The van der Waals surface area contributed by atoms with Gasteiger partial charge in [-0.25, -0.2) is 0 Å². The molecule has 0 saturated carbocycles. The molecule has 0 aromatic heterocycles. The number of carbonyl (C=O) groups excluding carboxylic acids is 1. The zero-order valence-corrected chi connectivity index (χ0v) is 13.5. The van der Waals surface area contributed by atoms with Gasteiger partial charge in [0, 0.05) is 17.6 Å². The lowest BCUT2D eigenvalue weighted by atomic mass is 10.1. The van der Waals surface area contributed by atoms with Crippen LogP contribution in [0.25, 0.3) is 0 Å². The second kappa shape index (κ2) is 7.28. The van der Waals surface area contributed by atoms with Crippen molar-refractivity contribution >= 4 is 17.3 Å². The maximum atomic E-state index is 12.1. The number of carbonyl (C=O) groups is 1. The molecular formula is C19H19N3O. The first kappa shape index (κ1) is 16.3. The van der Waals surface area contributed by atoms with Crippen LogP contribution in [0.3, 0.4) is 0 Å². The predicted octanol–water partition coefficient (Wildman–Crippen LogP) is 4.07. The number of amides is 1. The molecule has 0 aliphatic heterocycles. The van der Waals surface area contributed by atoms with E-state index in [-0.39, 0.29) is 5.57 Å². The Balaban J connectivity index is 2.17. The minimum absolute atomic E-state index is 0.0215. The molecule has 0 aliphatic carbocycles. The van der Waals surface area contributed by atoms with Crippen molar-refractivity contribution < 1.29 is 4.79 Å². The predicted molar refractivity (Wildman–Crippen MR) is 93.0 cm³/mol. The van der Waals surface area contributed by atoms with E-state index in [0.717, 1.165) is 16.8 Å². The highest BCUT2D eigenvalue weighted by Crippen LogP contribution is 2.22. The molecule has 2 N–H and O–H groups in total. The Morgan fingerprint density at radius 1 is 1.09 bits per heavy atom. The van der Waals surface area contributed by atoms with Gasteiger partial charge < -0.3 is 10.6 Å². The molecule has 2 rings (SSSR count). The van der Waals surface area contributed by atoms with Crippen LogP contribution in [0.1, 0.15) is 16.7 Å².